The smallest absolute Gasteiger partial charge is 0.242 e. The Balaban J connectivity index is 1.46. The Hall–Kier alpha value is -3.23. The molecule has 1 unspecified atom stereocenters. The number of nitrogens with one attached hydrogen (secondary N) is 2. The van der Waals surface area contributed by atoms with E-state index in [0.29, 0.717) is 30.6 Å². The average Bonchev–Trinajstić information content (AvgIpc) is 3.45. The molecule has 2 heterocycles. The largest absolute Gasteiger partial charge is 0.357 e. The molecule has 9 heteroatoms. The van der Waals surface area contributed by atoms with E-state index >= 15 is 0 Å². The van der Waals surface area contributed by atoms with Gasteiger partial charge in [-0.05, 0) is 24.3 Å². The number of hydrogen-bond donors (Lipinski definition) is 2. The molecule has 3 rings (SSSR count). The summed E-state index contributed by atoms with van der Waals surface area (Å²) in [6, 6.07) is 7.52. The van der Waals surface area contributed by atoms with E-state index in [0.717, 1.165) is 12.0 Å². The number of nitrogens with zero attached hydrogens (tertiary/aromatic N) is 3. The van der Waals surface area contributed by atoms with Crippen LogP contribution in [0.4, 0.5) is 0 Å². The molecular weight excluding hydrogens is 398 g/mol. The lowest BCUT2D eigenvalue weighted by atomic mass is 10.0. The van der Waals surface area contributed by atoms with Gasteiger partial charge in [0, 0.05) is 32.0 Å². The number of aryl methyl sites for hydroxylation is 1. The molecule has 0 radical (unpaired) electrons. The average molecular weight is 428 g/mol. The van der Waals surface area contributed by atoms with Gasteiger partial charge in [-0.2, -0.15) is 4.98 Å². The van der Waals surface area contributed by atoms with Crippen LogP contribution in [0.3, 0.4) is 0 Å². The van der Waals surface area contributed by atoms with Crippen LogP contribution in [-0.4, -0.2) is 58.9 Å². The molecule has 0 bridgehead atoms. The summed E-state index contributed by atoms with van der Waals surface area (Å²) < 4.78 is 5.25. The predicted octanol–water partition coefficient (Wildman–Crippen LogP) is 1.65. The summed E-state index contributed by atoms with van der Waals surface area (Å²) in [5, 5.41) is 9.17. The van der Waals surface area contributed by atoms with E-state index in [1.54, 1.807) is 7.05 Å². The minimum absolute atomic E-state index is 0.125. The molecule has 1 atom stereocenters. The lowest BCUT2D eigenvalue weighted by molar-refractivity contribution is -0.138. The molecule has 0 saturated carbocycles. The number of carbonyl (C=O) groups excluding carboxylic acids is 3. The molecule has 0 spiro atoms. The molecule has 1 aliphatic heterocycles. The van der Waals surface area contributed by atoms with Crippen molar-refractivity contribution < 1.29 is 18.9 Å². The maximum Gasteiger partial charge on any atom is 0.242 e. The molecule has 1 saturated heterocycles. The maximum absolute atomic E-state index is 12.4. The quantitative estimate of drug-likeness (QED) is 0.661. The Morgan fingerprint density at radius 3 is 2.65 bits per heavy atom. The normalized spacial score (nSPS) is 15.9. The van der Waals surface area contributed by atoms with E-state index in [1.807, 2.05) is 24.3 Å². The van der Waals surface area contributed by atoms with Crippen LogP contribution in [0.15, 0.2) is 28.8 Å². The van der Waals surface area contributed by atoms with Gasteiger partial charge in [0.1, 0.15) is 6.04 Å². The van der Waals surface area contributed by atoms with Crippen LogP contribution in [-0.2, 0) is 20.8 Å². The zero-order valence-corrected chi connectivity index (χ0v) is 18.2. The van der Waals surface area contributed by atoms with E-state index in [4.69, 9.17) is 4.52 Å². The summed E-state index contributed by atoms with van der Waals surface area (Å²) in [7, 11) is 1.55. The summed E-state index contributed by atoms with van der Waals surface area (Å²) in [6.45, 7) is 4.65. The summed E-state index contributed by atoms with van der Waals surface area (Å²) in [5.74, 6) is 0.567. The van der Waals surface area contributed by atoms with Crippen LogP contribution >= 0.6 is 0 Å². The molecule has 0 aliphatic carbocycles. The molecule has 3 amide bonds. The van der Waals surface area contributed by atoms with Crippen LogP contribution in [0.5, 0.6) is 0 Å². The van der Waals surface area contributed by atoms with Crippen molar-refractivity contribution in [3.05, 3.63) is 35.7 Å². The molecule has 2 aromatic rings. The minimum atomic E-state index is -0.458. The third kappa shape index (κ3) is 5.68. The molecule has 1 fully saturated rings. The fourth-order valence-corrected chi connectivity index (χ4v) is 3.58. The first-order valence-electron chi connectivity index (χ1n) is 10.6. The number of hydrogen-bond acceptors (Lipinski definition) is 6. The third-order valence-corrected chi connectivity index (χ3v) is 5.43. The Morgan fingerprint density at radius 1 is 1.23 bits per heavy atom. The number of likely N-dealkylation sites (tertiary alicyclic amines) is 1. The van der Waals surface area contributed by atoms with Gasteiger partial charge in [-0.3, -0.25) is 14.4 Å². The second-order valence-corrected chi connectivity index (χ2v) is 7.92. The monoisotopic (exact) mass is 427 g/mol. The first-order chi connectivity index (χ1) is 14.9. The molecule has 1 aromatic heterocycles. The highest BCUT2D eigenvalue weighted by Crippen LogP contribution is 2.21. The van der Waals surface area contributed by atoms with E-state index in [2.05, 4.69) is 34.6 Å². The van der Waals surface area contributed by atoms with Crippen molar-refractivity contribution in [1.29, 1.82) is 0 Å². The van der Waals surface area contributed by atoms with Crippen molar-refractivity contribution in [3.8, 4) is 11.4 Å². The Morgan fingerprint density at radius 2 is 1.97 bits per heavy atom. The molecule has 166 valence electrons. The maximum atomic E-state index is 12.4. The SMILES string of the molecule is CNC(=O)C1CCCN1C(=O)CNC(=O)CCc1nc(-c2ccc(C(C)C)cc2)no1. The van der Waals surface area contributed by atoms with Crippen molar-refractivity contribution in [2.75, 3.05) is 20.1 Å². The predicted molar refractivity (Wildman–Crippen MR) is 114 cm³/mol. The molecule has 2 N–H and O–H groups in total. The van der Waals surface area contributed by atoms with Gasteiger partial charge >= 0.3 is 0 Å². The second kappa shape index (κ2) is 10.2. The Kier molecular flexibility index (Phi) is 7.38. The van der Waals surface area contributed by atoms with Crippen molar-refractivity contribution in [3.63, 3.8) is 0 Å². The summed E-state index contributed by atoms with van der Waals surface area (Å²) >= 11 is 0. The zero-order valence-electron chi connectivity index (χ0n) is 18.2. The number of rotatable bonds is 8. The van der Waals surface area contributed by atoms with Crippen molar-refractivity contribution >= 4 is 17.7 Å². The van der Waals surface area contributed by atoms with Gasteiger partial charge in [0.15, 0.2) is 0 Å². The summed E-state index contributed by atoms with van der Waals surface area (Å²) in [5.41, 5.74) is 2.08. The van der Waals surface area contributed by atoms with Crippen LogP contribution in [0.25, 0.3) is 11.4 Å². The van der Waals surface area contributed by atoms with Gasteiger partial charge in [-0.15, -0.1) is 0 Å². The Labute approximate surface area is 181 Å². The number of likely N-dealkylation sites (N-methyl/N-ethyl adjacent to an activating group) is 1. The van der Waals surface area contributed by atoms with Crippen LogP contribution < -0.4 is 10.6 Å². The van der Waals surface area contributed by atoms with Crippen LogP contribution in [0.1, 0.15) is 50.5 Å². The standard InChI is InChI=1S/C22H29N5O4/c1-14(2)15-6-8-16(9-7-15)21-25-19(31-26-21)11-10-18(28)24-13-20(29)27-12-4-5-17(27)22(30)23-3/h6-9,14,17H,4-5,10-13H2,1-3H3,(H,23,30)(H,24,28). The highest BCUT2D eigenvalue weighted by Gasteiger charge is 2.33. The van der Waals surface area contributed by atoms with Gasteiger partial charge in [0.05, 0.1) is 6.54 Å². The molecule has 31 heavy (non-hydrogen) atoms. The lowest BCUT2D eigenvalue weighted by Gasteiger charge is -2.23. The van der Waals surface area contributed by atoms with Crippen molar-refractivity contribution in [2.45, 2.75) is 51.5 Å². The first kappa shape index (κ1) is 22.5. The number of amides is 3. The lowest BCUT2D eigenvalue weighted by Crippen LogP contribution is -2.48. The van der Waals surface area contributed by atoms with Gasteiger partial charge in [-0.1, -0.05) is 43.3 Å². The van der Waals surface area contributed by atoms with E-state index in [9.17, 15) is 14.4 Å². The Bertz CT molecular complexity index is 922. The fourth-order valence-electron chi connectivity index (χ4n) is 3.58. The van der Waals surface area contributed by atoms with Gasteiger partial charge in [0.25, 0.3) is 0 Å². The molecule has 1 aromatic carbocycles. The van der Waals surface area contributed by atoms with Gasteiger partial charge in [0.2, 0.25) is 29.4 Å². The van der Waals surface area contributed by atoms with E-state index in [1.165, 1.54) is 10.5 Å². The number of carbonyl (C=O) groups is 3. The summed E-state index contributed by atoms with van der Waals surface area (Å²) in [6.07, 6.45) is 1.82. The number of aromatic nitrogens is 2. The molecule has 9 nitrogen and oxygen atoms in total. The van der Waals surface area contributed by atoms with Crippen molar-refractivity contribution in [1.82, 2.24) is 25.7 Å². The van der Waals surface area contributed by atoms with Crippen LogP contribution in [0.2, 0.25) is 0 Å². The number of benzene rings is 1. The highest BCUT2D eigenvalue weighted by molar-refractivity contribution is 5.90. The van der Waals surface area contributed by atoms with Crippen molar-refractivity contribution in [2.24, 2.45) is 0 Å². The van der Waals surface area contributed by atoms with E-state index in [-0.39, 0.29) is 37.1 Å². The fraction of sp³-hybridized carbons (Fsp3) is 0.500. The third-order valence-electron chi connectivity index (χ3n) is 5.43. The van der Waals surface area contributed by atoms with E-state index < -0.39 is 6.04 Å². The van der Waals surface area contributed by atoms with Crippen LogP contribution in [0, 0.1) is 0 Å². The van der Waals surface area contributed by atoms with Gasteiger partial charge in [-0.25, -0.2) is 0 Å². The topological polar surface area (TPSA) is 117 Å². The first-order valence-corrected chi connectivity index (χ1v) is 10.6. The molecule has 1 aliphatic rings. The zero-order chi connectivity index (χ0) is 22.4. The second-order valence-electron chi connectivity index (χ2n) is 7.92. The van der Waals surface area contributed by atoms with Gasteiger partial charge < -0.3 is 20.1 Å². The highest BCUT2D eigenvalue weighted by atomic mass is 16.5. The minimum Gasteiger partial charge on any atom is -0.357 e. The molecular formula is C22H29N5O4. The summed E-state index contributed by atoms with van der Waals surface area (Å²) in [4.78, 5) is 42.2.